The van der Waals surface area contributed by atoms with Crippen molar-refractivity contribution < 1.29 is 9.53 Å². The molecule has 5 aromatic rings. The normalized spacial score (nSPS) is 11.4. The maximum absolute atomic E-state index is 12.9. The number of nitrogens with zero attached hydrogens (tertiary/aromatic N) is 3. The second kappa shape index (κ2) is 9.78. The van der Waals surface area contributed by atoms with Crippen LogP contribution in [0.4, 0.5) is 17.2 Å². The van der Waals surface area contributed by atoms with Crippen LogP contribution in [0.5, 0.6) is 5.75 Å². The first-order chi connectivity index (χ1) is 17.8. The van der Waals surface area contributed by atoms with Crippen molar-refractivity contribution in [3.05, 3.63) is 103 Å². The maximum atomic E-state index is 12.9. The van der Waals surface area contributed by atoms with Crippen molar-refractivity contribution in [2.24, 2.45) is 0 Å². The van der Waals surface area contributed by atoms with E-state index in [1.807, 2.05) is 89.6 Å². The van der Waals surface area contributed by atoms with Crippen molar-refractivity contribution >= 4 is 28.7 Å². The summed E-state index contributed by atoms with van der Waals surface area (Å²) >= 11 is 0. The Balaban J connectivity index is 1.40. The van der Waals surface area contributed by atoms with Gasteiger partial charge in [0.15, 0.2) is 11.5 Å². The molecular formula is C30H29N5O2. The van der Waals surface area contributed by atoms with E-state index in [0.717, 1.165) is 22.7 Å². The Bertz CT molecular complexity index is 1550. The van der Waals surface area contributed by atoms with Crippen molar-refractivity contribution in [1.29, 1.82) is 0 Å². The largest absolute Gasteiger partial charge is 0.497 e. The van der Waals surface area contributed by atoms with Gasteiger partial charge in [-0.3, -0.25) is 4.79 Å². The molecule has 0 spiro atoms. The summed E-state index contributed by atoms with van der Waals surface area (Å²) in [5.41, 5.74) is 5.72. The molecule has 186 valence electrons. The third kappa shape index (κ3) is 5.30. The Morgan fingerprint density at radius 3 is 2.41 bits per heavy atom. The minimum atomic E-state index is -0.155. The topological polar surface area (TPSA) is 80.5 Å². The summed E-state index contributed by atoms with van der Waals surface area (Å²) in [5, 5.41) is 6.37. The van der Waals surface area contributed by atoms with E-state index in [1.54, 1.807) is 13.3 Å². The Morgan fingerprint density at radius 1 is 0.946 bits per heavy atom. The first-order valence-electron chi connectivity index (χ1n) is 12.1. The zero-order valence-corrected chi connectivity index (χ0v) is 21.3. The van der Waals surface area contributed by atoms with E-state index in [0.29, 0.717) is 22.7 Å². The summed E-state index contributed by atoms with van der Waals surface area (Å²) in [4.78, 5) is 22.2. The predicted molar refractivity (Wildman–Crippen MR) is 148 cm³/mol. The van der Waals surface area contributed by atoms with Gasteiger partial charge >= 0.3 is 0 Å². The van der Waals surface area contributed by atoms with Gasteiger partial charge in [0.25, 0.3) is 5.91 Å². The van der Waals surface area contributed by atoms with Crippen LogP contribution in [0, 0.1) is 0 Å². The Labute approximate surface area is 216 Å². The number of hydrogen-bond acceptors (Lipinski definition) is 5. The number of nitrogens with one attached hydrogen (secondary N) is 2. The number of benzene rings is 3. The number of carbonyl (C=O) groups excluding carboxylic acids is 1. The molecule has 3 aromatic carbocycles. The standard InChI is InChI=1S/C30H29N5O2/c1-30(2,3)22-10-8-20(9-11-22)29(36)33-24-7-5-6-21(18-24)26-19-35-17-16-31-28(35)27(34-26)32-23-12-14-25(37-4)15-13-23/h5-19H,1-4H3,(H,32,34)(H,33,36). The molecule has 0 fully saturated rings. The Morgan fingerprint density at radius 2 is 1.70 bits per heavy atom. The van der Waals surface area contributed by atoms with Crippen LogP contribution in [-0.2, 0) is 5.41 Å². The van der Waals surface area contributed by atoms with Gasteiger partial charge in [0.2, 0.25) is 0 Å². The highest BCUT2D eigenvalue weighted by atomic mass is 16.5. The number of amides is 1. The summed E-state index contributed by atoms with van der Waals surface area (Å²) in [7, 11) is 1.64. The molecule has 0 saturated heterocycles. The molecule has 7 nitrogen and oxygen atoms in total. The highest BCUT2D eigenvalue weighted by molar-refractivity contribution is 6.04. The summed E-state index contributed by atoms with van der Waals surface area (Å²) in [6.45, 7) is 6.46. The van der Waals surface area contributed by atoms with Crippen molar-refractivity contribution in [2.75, 3.05) is 17.7 Å². The average Bonchev–Trinajstić information content (AvgIpc) is 3.38. The van der Waals surface area contributed by atoms with E-state index in [9.17, 15) is 4.79 Å². The first kappa shape index (κ1) is 24.1. The number of carbonyl (C=O) groups is 1. The molecule has 0 radical (unpaired) electrons. The van der Waals surface area contributed by atoms with Gasteiger partial charge in [-0.05, 0) is 59.5 Å². The number of hydrogen-bond donors (Lipinski definition) is 2. The van der Waals surface area contributed by atoms with Crippen LogP contribution in [-0.4, -0.2) is 27.4 Å². The van der Waals surface area contributed by atoms with Gasteiger partial charge < -0.3 is 19.8 Å². The highest BCUT2D eigenvalue weighted by Crippen LogP contribution is 2.27. The van der Waals surface area contributed by atoms with Crippen molar-refractivity contribution in [2.45, 2.75) is 26.2 Å². The fourth-order valence-corrected chi connectivity index (χ4v) is 4.05. The lowest BCUT2D eigenvalue weighted by molar-refractivity contribution is 0.102. The summed E-state index contributed by atoms with van der Waals surface area (Å²) < 4.78 is 7.18. The lowest BCUT2D eigenvalue weighted by Crippen LogP contribution is -2.14. The van der Waals surface area contributed by atoms with Gasteiger partial charge in [0.1, 0.15) is 5.75 Å². The fourth-order valence-electron chi connectivity index (χ4n) is 4.05. The van der Waals surface area contributed by atoms with Gasteiger partial charge in [0.05, 0.1) is 12.8 Å². The molecule has 2 N–H and O–H groups in total. The highest BCUT2D eigenvalue weighted by Gasteiger charge is 2.15. The maximum Gasteiger partial charge on any atom is 0.255 e. The van der Waals surface area contributed by atoms with Gasteiger partial charge in [-0.25, -0.2) is 9.97 Å². The van der Waals surface area contributed by atoms with Crippen LogP contribution in [0.2, 0.25) is 0 Å². The van der Waals surface area contributed by atoms with Crippen molar-refractivity contribution in [3.63, 3.8) is 0 Å². The van der Waals surface area contributed by atoms with E-state index in [-0.39, 0.29) is 11.3 Å². The SMILES string of the molecule is COc1ccc(Nc2nc(-c3cccc(NC(=O)c4ccc(C(C)(C)C)cc4)c3)cn3ccnc23)cc1. The number of aromatic nitrogens is 3. The van der Waals surface area contributed by atoms with E-state index in [4.69, 9.17) is 9.72 Å². The van der Waals surface area contributed by atoms with E-state index in [1.165, 1.54) is 5.56 Å². The quantitative estimate of drug-likeness (QED) is 0.276. The Kier molecular flexibility index (Phi) is 6.36. The van der Waals surface area contributed by atoms with Crippen LogP contribution < -0.4 is 15.4 Å². The summed E-state index contributed by atoms with van der Waals surface area (Å²) in [6, 6.07) is 23.0. The molecule has 2 aromatic heterocycles. The lowest BCUT2D eigenvalue weighted by atomic mass is 9.87. The molecule has 7 heteroatoms. The van der Waals surface area contributed by atoms with E-state index < -0.39 is 0 Å². The van der Waals surface area contributed by atoms with Gasteiger partial charge in [-0.15, -0.1) is 0 Å². The van der Waals surface area contributed by atoms with Gasteiger partial charge in [0, 0.05) is 41.1 Å². The minimum Gasteiger partial charge on any atom is -0.497 e. The van der Waals surface area contributed by atoms with E-state index >= 15 is 0 Å². The van der Waals surface area contributed by atoms with E-state index in [2.05, 4.69) is 36.4 Å². The number of anilines is 3. The number of fused-ring (bicyclic) bond motifs is 1. The molecule has 0 aliphatic heterocycles. The molecule has 0 aliphatic carbocycles. The average molecular weight is 492 g/mol. The molecule has 1 amide bonds. The number of rotatable bonds is 6. The third-order valence-electron chi connectivity index (χ3n) is 6.16. The first-order valence-corrected chi connectivity index (χ1v) is 12.1. The molecule has 0 bridgehead atoms. The fraction of sp³-hybridized carbons (Fsp3) is 0.167. The molecule has 37 heavy (non-hydrogen) atoms. The van der Waals surface area contributed by atoms with Crippen LogP contribution in [0.3, 0.4) is 0 Å². The molecule has 0 saturated carbocycles. The van der Waals surface area contributed by atoms with Crippen molar-refractivity contribution in [1.82, 2.24) is 14.4 Å². The summed E-state index contributed by atoms with van der Waals surface area (Å²) in [5.74, 6) is 1.25. The van der Waals surface area contributed by atoms with Crippen LogP contribution in [0.25, 0.3) is 16.9 Å². The molecule has 0 unspecified atom stereocenters. The molecule has 2 heterocycles. The second-order valence-electron chi connectivity index (χ2n) is 9.85. The lowest BCUT2D eigenvalue weighted by Gasteiger charge is -2.19. The monoisotopic (exact) mass is 491 g/mol. The van der Waals surface area contributed by atoms with Crippen LogP contribution in [0.15, 0.2) is 91.4 Å². The molecule has 0 atom stereocenters. The van der Waals surface area contributed by atoms with Crippen LogP contribution in [0.1, 0.15) is 36.7 Å². The van der Waals surface area contributed by atoms with Crippen molar-refractivity contribution in [3.8, 4) is 17.0 Å². The zero-order valence-electron chi connectivity index (χ0n) is 21.3. The molecule has 5 rings (SSSR count). The predicted octanol–water partition coefficient (Wildman–Crippen LogP) is 6.70. The molecular weight excluding hydrogens is 462 g/mol. The summed E-state index contributed by atoms with van der Waals surface area (Å²) in [6.07, 6.45) is 5.54. The zero-order chi connectivity index (χ0) is 26.0. The van der Waals surface area contributed by atoms with Crippen LogP contribution >= 0.6 is 0 Å². The third-order valence-corrected chi connectivity index (χ3v) is 6.16. The number of methoxy groups -OCH3 is 1. The second-order valence-corrected chi connectivity index (χ2v) is 9.85. The van der Waals surface area contributed by atoms with Gasteiger partial charge in [-0.1, -0.05) is 45.0 Å². The minimum absolute atomic E-state index is 0.0355. The van der Waals surface area contributed by atoms with Gasteiger partial charge in [-0.2, -0.15) is 0 Å². The smallest absolute Gasteiger partial charge is 0.255 e. The molecule has 0 aliphatic rings. The Hall–Kier alpha value is -4.65. The number of ether oxygens (including phenoxy) is 1. The number of imidazole rings is 1.